The molecule has 0 aromatic heterocycles. The minimum absolute atomic E-state index is 0.322. The van der Waals surface area contributed by atoms with Gasteiger partial charge in [0, 0.05) is 23.9 Å². The molecule has 0 saturated carbocycles. The van der Waals surface area contributed by atoms with Gasteiger partial charge in [0.15, 0.2) is 12.4 Å². The number of benzene rings is 2. The maximum absolute atomic E-state index is 12.4. The number of aliphatic carboxylic acids is 1. The van der Waals surface area contributed by atoms with E-state index < -0.39 is 28.7 Å². The summed E-state index contributed by atoms with van der Waals surface area (Å²) in [4.78, 5) is 24.6. The van der Waals surface area contributed by atoms with Crippen molar-refractivity contribution in [3.63, 3.8) is 0 Å². The second-order valence-corrected chi connectivity index (χ2v) is 10.0. The van der Waals surface area contributed by atoms with Crippen molar-refractivity contribution in [3.8, 4) is 16.9 Å². The van der Waals surface area contributed by atoms with Gasteiger partial charge in [-0.25, -0.2) is 9.00 Å². The van der Waals surface area contributed by atoms with E-state index in [1.54, 1.807) is 34.6 Å². The minimum atomic E-state index is -1.47. The molecule has 2 aromatic carbocycles. The zero-order valence-electron chi connectivity index (χ0n) is 19.7. The van der Waals surface area contributed by atoms with Crippen LogP contribution < -0.4 is 14.8 Å². The van der Waals surface area contributed by atoms with Crippen molar-refractivity contribution >= 4 is 34.6 Å². The number of carbonyl (C=O) groups excluding carboxylic acids is 1. The van der Waals surface area contributed by atoms with Crippen molar-refractivity contribution in [1.82, 2.24) is 0 Å². The molecule has 0 radical (unpaired) electrons. The van der Waals surface area contributed by atoms with Crippen molar-refractivity contribution in [2.75, 3.05) is 29.4 Å². The molecule has 33 heavy (non-hydrogen) atoms. The molecule has 2 atom stereocenters. The third kappa shape index (κ3) is 5.20. The molecule has 1 heterocycles. The predicted octanol–water partition coefficient (Wildman–Crippen LogP) is 4.23. The maximum atomic E-state index is 12.4. The van der Waals surface area contributed by atoms with Gasteiger partial charge >= 0.3 is 5.97 Å². The number of carbonyl (C=O) groups is 2. The van der Waals surface area contributed by atoms with E-state index >= 15 is 0 Å². The molecule has 0 aliphatic carbocycles. The molecule has 0 spiro atoms. The van der Waals surface area contributed by atoms with E-state index in [2.05, 4.69) is 10.0 Å². The zero-order valence-corrected chi connectivity index (χ0v) is 20.5. The van der Waals surface area contributed by atoms with Gasteiger partial charge in [-0.05, 0) is 69.0 Å². The molecule has 0 bridgehead atoms. The molecule has 2 unspecified atom stereocenters. The predicted molar refractivity (Wildman–Crippen MR) is 130 cm³/mol. The van der Waals surface area contributed by atoms with E-state index in [1.807, 2.05) is 18.2 Å². The van der Waals surface area contributed by atoms with Crippen LogP contribution in [0.3, 0.4) is 0 Å². The van der Waals surface area contributed by atoms with Crippen molar-refractivity contribution in [2.24, 2.45) is 0 Å². The smallest absolute Gasteiger partial charge is 0.337 e. The second-order valence-electron chi connectivity index (χ2n) is 8.94. The molecule has 0 saturated heterocycles. The number of nitrogens with one attached hydrogen (secondary N) is 2. The van der Waals surface area contributed by atoms with Crippen LogP contribution in [0.25, 0.3) is 11.1 Å². The molecular formula is C24H30N2O6S. The van der Waals surface area contributed by atoms with Gasteiger partial charge in [-0.15, -0.1) is 0 Å². The number of hydrogen-bond donors (Lipinski definition) is 3. The van der Waals surface area contributed by atoms with Crippen LogP contribution in [0.1, 0.15) is 53.9 Å². The van der Waals surface area contributed by atoms with Crippen LogP contribution >= 0.6 is 0 Å². The normalized spacial score (nSPS) is 15.0. The first-order chi connectivity index (χ1) is 15.4. The van der Waals surface area contributed by atoms with Crippen molar-refractivity contribution < 1.29 is 28.4 Å². The summed E-state index contributed by atoms with van der Waals surface area (Å²) in [5.74, 6) is -0.451. The monoisotopic (exact) mass is 474 g/mol. The first kappa shape index (κ1) is 24.7. The summed E-state index contributed by atoms with van der Waals surface area (Å²) in [6, 6.07) is 5.55. The van der Waals surface area contributed by atoms with Crippen LogP contribution in [0.5, 0.6) is 5.75 Å². The van der Waals surface area contributed by atoms with Crippen molar-refractivity contribution in [2.45, 2.75) is 46.3 Å². The number of ether oxygens (including phenoxy) is 2. The number of fused-ring (bicyclic) bond motifs is 1. The lowest BCUT2D eigenvalue weighted by molar-refractivity contribution is -0.160. The van der Waals surface area contributed by atoms with Crippen LogP contribution in [0.4, 0.5) is 11.4 Å². The Morgan fingerprint density at radius 3 is 2.58 bits per heavy atom. The van der Waals surface area contributed by atoms with E-state index in [0.717, 1.165) is 11.3 Å². The van der Waals surface area contributed by atoms with Crippen LogP contribution in [0, 0.1) is 13.8 Å². The Kier molecular flexibility index (Phi) is 7.14. The Hall–Kier alpha value is -2.91. The highest BCUT2D eigenvalue weighted by Crippen LogP contribution is 2.44. The van der Waals surface area contributed by atoms with Gasteiger partial charge in [0.1, 0.15) is 23.3 Å². The van der Waals surface area contributed by atoms with Crippen LogP contribution in [-0.4, -0.2) is 46.6 Å². The highest BCUT2D eigenvalue weighted by molar-refractivity contribution is 7.85. The molecule has 1 aliphatic rings. The molecule has 3 N–H and O–H groups in total. The molecule has 178 valence electrons. The Morgan fingerprint density at radius 1 is 1.30 bits per heavy atom. The largest absolute Gasteiger partial charge is 0.490 e. The molecule has 3 rings (SSSR count). The summed E-state index contributed by atoms with van der Waals surface area (Å²) in [7, 11) is -1.47. The van der Waals surface area contributed by atoms with E-state index in [0.29, 0.717) is 58.7 Å². The fourth-order valence-electron chi connectivity index (χ4n) is 4.05. The number of hydrogen-bond acceptors (Lipinski definition) is 6. The average Bonchev–Trinajstić information content (AvgIpc) is 2.73. The summed E-state index contributed by atoms with van der Waals surface area (Å²) < 4.78 is 26.5. The van der Waals surface area contributed by atoms with Crippen LogP contribution in [0.2, 0.25) is 0 Å². The number of aldehydes is 1. The Bertz CT molecular complexity index is 1120. The number of anilines is 2. The van der Waals surface area contributed by atoms with E-state index in [4.69, 9.17) is 9.47 Å². The highest BCUT2D eigenvalue weighted by atomic mass is 32.2. The van der Waals surface area contributed by atoms with Crippen molar-refractivity contribution in [1.29, 1.82) is 0 Å². The number of carboxylic acid groups (broad SMARTS) is 1. The van der Waals surface area contributed by atoms with Crippen LogP contribution in [-0.2, 0) is 20.5 Å². The highest BCUT2D eigenvalue weighted by Gasteiger charge is 2.34. The topological polar surface area (TPSA) is 114 Å². The third-order valence-corrected chi connectivity index (χ3v) is 5.85. The summed E-state index contributed by atoms with van der Waals surface area (Å²) >= 11 is 0. The van der Waals surface area contributed by atoms with Gasteiger partial charge in [0.25, 0.3) is 0 Å². The van der Waals surface area contributed by atoms with E-state index in [1.165, 1.54) is 6.26 Å². The summed E-state index contributed by atoms with van der Waals surface area (Å²) in [5.41, 5.74) is 3.47. The van der Waals surface area contributed by atoms with E-state index in [9.17, 15) is 18.9 Å². The SMILES string of the molecule is Cc1c(C=O)c(NS(C)=O)c(C)c(C(OC(C)(C)C)C(=O)O)c1-c1ccc2c(c1)NCCO2. The van der Waals surface area contributed by atoms with Gasteiger partial charge in [0.05, 0.1) is 17.0 Å². The second kappa shape index (κ2) is 9.52. The molecule has 9 heteroatoms. The van der Waals surface area contributed by atoms with Gasteiger partial charge < -0.3 is 24.6 Å². The molecule has 0 fully saturated rings. The van der Waals surface area contributed by atoms with Gasteiger partial charge in [0.2, 0.25) is 0 Å². The fraction of sp³-hybridized carbons (Fsp3) is 0.417. The lowest BCUT2D eigenvalue weighted by Gasteiger charge is -2.30. The zero-order chi connectivity index (χ0) is 24.5. The molecule has 8 nitrogen and oxygen atoms in total. The molecule has 1 aliphatic heterocycles. The molecular weight excluding hydrogens is 444 g/mol. The lowest BCUT2D eigenvalue weighted by Crippen LogP contribution is -2.29. The molecule has 2 aromatic rings. The van der Waals surface area contributed by atoms with Gasteiger partial charge in [-0.1, -0.05) is 6.07 Å². The Labute approximate surface area is 196 Å². The first-order valence-corrected chi connectivity index (χ1v) is 12.1. The summed E-state index contributed by atoms with van der Waals surface area (Å²) in [6.45, 7) is 10.0. The minimum Gasteiger partial charge on any atom is -0.490 e. The maximum Gasteiger partial charge on any atom is 0.337 e. The Balaban J connectivity index is 2.39. The number of carboxylic acids is 1. The standard InChI is InChI=1S/C24H30N2O6S/c1-13-16(12-27)21(26-33(6)30)14(2)20(22(23(28)29)32-24(3,4)5)19(13)15-7-8-18-17(11-15)25-9-10-31-18/h7-8,11-12,22,25-26H,9-10H2,1-6H3,(H,28,29). The van der Waals surface area contributed by atoms with Gasteiger partial charge in [-0.3, -0.25) is 4.79 Å². The number of rotatable bonds is 7. The quantitative estimate of drug-likeness (QED) is 0.515. The molecule has 0 amide bonds. The fourth-order valence-corrected chi connectivity index (χ4v) is 4.60. The average molecular weight is 475 g/mol. The van der Waals surface area contributed by atoms with Crippen molar-refractivity contribution in [3.05, 3.63) is 40.5 Å². The van der Waals surface area contributed by atoms with Crippen LogP contribution in [0.15, 0.2) is 18.2 Å². The Morgan fingerprint density at radius 2 is 2.00 bits per heavy atom. The summed E-state index contributed by atoms with van der Waals surface area (Å²) in [5, 5.41) is 13.4. The van der Waals surface area contributed by atoms with E-state index in [-0.39, 0.29) is 0 Å². The first-order valence-electron chi connectivity index (χ1n) is 10.6. The lowest BCUT2D eigenvalue weighted by atomic mass is 9.84. The third-order valence-electron chi connectivity index (χ3n) is 5.36. The summed E-state index contributed by atoms with van der Waals surface area (Å²) in [6.07, 6.45) is 0.836. The van der Waals surface area contributed by atoms with Gasteiger partial charge in [-0.2, -0.15) is 0 Å².